The van der Waals surface area contributed by atoms with Crippen molar-refractivity contribution in [2.24, 2.45) is 0 Å². The van der Waals surface area contributed by atoms with Crippen LogP contribution >= 0.6 is 0 Å². The Hall–Kier alpha value is -1.06. The number of nitrogens with zero attached hydrogens (tertiary/aromatic N) is 1. The van der Waals surface area contributed by atoms with Gasteiger partial charge in [-0.25, -0.2) is 0 Å². The number of hydrogen-bond donors (Lipinski definition) is 1. The van der Waals surface area contributed by atoms with Crippen molar-refractivity contribution in [1.29, 1.82) is 0 Å². The van der Waals surface area contributed by atoms with Gasteiger partial charge < -0.3 is 14.7 Å². The molecular formula is C18H29NO2. The van der Waals surface area contributed by atoms with Crippen LogP contribution in [0, 0.1) is 13.8 Å². The number of methoxy groups -OCH3 is 1. The molecule has 1 N–H and O–H groups in total. The minimum absolute atomic E-state index is 0.691. The smallest absolute Gasteiger partial charge is 0.122 e. The Bertz CT molecular complexity index is 486. The van der Waals surface area contributed by atoms with Gasteiger partial charge in [0.2, 0.25) is 0 Å². The van der Waals surface area contributed by atoms with Crippen LogP contribution in [0.2, 0.25) is 0 Å². The Labute approximate surface area is 128 Å². The number of aliphatic hydroxyl groups is 1. The lowest BCUT2D eigenvalue weighted by atomic mass is 9.83. The van der Waals surface area contributed by atoms with Gasteiger partial charge in [0.1, 0.15) is 5.75 Å². The van der Waals surface area contributed by atoms with Gasteiger partial charge in [0.15, 0.2) is 0 Å². The Kier molecular flexibility index (Phi) is 5.28. The Morgan fingerprint density at radius 3 is 2.62 bits per heavy atom. The van der Waals surface area contributed by atoms with Crippen molar-refractivity contribution in [1.82, 2.24) is 4.90 Å². The third kappa shape index (κ3) is 3.58. The summed E-state index contributed by atoms with van der Waals surface area (Å²) in [6.07, 6.45) is 3.90. The Morgan fingerprint density at radius 1 is 1.19 bits per heavy atom. The fraction of sp³-hybridized carbons (Fsp3) is 0.667. The molecule has 1 unspecified atom stereocenters. The molecule has 1 heterocycles. The van der Waals surface area contributed by atoms with Crippen molar-refractivity contribution in [3.05, 3.63) is 28.8 Å². The molecule has 0 spiro atoms. The van der Waals surface area contributed by atoms with Crippen LogP contribution in [0.25, 0.3) is 0 Å². The molecular weight excluding hydrogens is 262 g/mol. The van der Waals surface area contributed by atoms with E-state index in [9.17, 15) is 5.11 Å². The molecule has 0 saturated carbocycles. The lowest BCUT2D eigenvalue weighted by molar-refractivity contribution is 0.0205. The molecule has 1 atom stereocenters. The predicted molar refractivity (Wildman–Crippen MR) is 86.9 cm³/mol. The molecule has 1 aromatic carbocycles. The highest BCUT2D eigenvalue weighted by atomic mass is 16.5. The van der Waals surface area contributed by atoms with Crippen molar-refractivity contribution in [3.63, 3.8) is 0 Å². The molecule has 3 heteroatoms. The van der Waals surface area contributed by atoms with Gasteiger partial charge in [-0.3, -0.25) is 0 Å². The molecule has 0 aromatic heterocycles. The molecule has 2 rings (SSSR count). The summed E-state index contributed by atoms with van der Waals surface area (Å²) in [5.41, 5.74) is 2.62. The molecule has 118 valence electrons. The SMILES string of the molecule is CCCN1CCCC(O)(c2cc(C)c(OC)cc2C)CC1. The predicted octanol–water partition coefficient (Wildman–Crippen LogP) is 3.40. The van der Waals surface area contributed by atoms with Crippen LogP contribution in [-0.4, -0.2) is 36.8 Å². The first kappa shape index (κ1) is 16.3. The maximum absolute atomic E-state index is 11.2. The van der Waals surface area contributed by atoms with Crippen LogP contribution in [0.5, 0.6) is 5.75 Å². The van der Waals surface area contributed by atoms with Gasteiger partial charge >= 0.3 is 0 Å². The number of hydrogen-bond acceptors (Lipinski definition) is 3. The summed E-state index contributed by atoms with van der Waals surface area (Å²) in [5.74, 6) is 0.904. The first-order valence-electron chi connectivity index (χ1n) is 8.10. The van der Waals surface area contributed by atoms with Gasteiger partial charge in [-0.2, -0.15) is 0 Å². The van der Waals surface area contributed by atoms with Crippen molar-refractivity contribution in [2.45, 2.75) is 52.1 Å². The van der Waals surface area contributed by atoms with E-state index in [2.05, 4.69) is 30.9 Å². The fourth-order valence-electron chi connectivity index (χ4n) is 3.50. The first-order valence-corrected chi connectivity index (χ1v) is 8.10. The Morgan fingerprint density at radius 2 is 1.95 bits per heavy atom. The van der Waals surface area contributed by atoms with E-state index < -0.39 is 5.60 Å². The number of benzene rings is 1. The highest BCUT2D eigenvalue weighted by molar-refractivity contribution is 5.44. The molecule has 21 heavy (non-hydrogen) atoms. The topological polar surface area (TPSA) is 32.7 Å². The van der Waals surface area contributed by atoms with Crippen molar-refractivity contribution in [2.75, 3.05) is 26.7 Å². The minimum Gasteiger partial charge on any atom is -0.496 e. The van der Waals surface area contributed by atoms with Crippen LogP contribution in [0.4, 0.5) is 0 Å². The van der Waals surface area contributed by atoms with Crippen LogP contribution < -0.4 is 4.74 Å². The first-order chi connectivity index (χ1) is 10.00. The lowest BCUT2D eigenvalue weighted by Gasteiger charge is -2.30. The van der Waals surface area contributed by atoms with Gasteiger partial charge in [-0.1, -0.05) is 6.92 Å². The molecule has 3 nitrogen and oxygen atoms in total. The normalized spacial score (nSPS) is 23.9. The number of likely N-dealkylation sites (tertiary alicyclic amines) is 1. The summed E-state index contributed by atoms with van der Waals surface area (Å²) in [5, 5.41) is 11.2. The zero-order valence-corrected chi connectivity index (χ0v) is 13.9. The van der Waals surface area contributed by atoms with E-state index in [1.165, 1.54) is 6.42 Å². The molecule has 1 aliphatic rings. The van der Waals surface area contributed by atoms with Crippen molar-refractivity contribution in [3.8, 4) is 5.75 Å². The molecule has 1 saturated heterocycles. The molecule has 0 bridgehead atoms. The molecule has 1 aromatic rings. The van der Waals surface area contributed by atoms with E-state index >= 15 is 0 Å². The molecule has 0 aliphatic carbocycles. The second-order valence-corrected chi connectivity index (χ2v) is 6.36. The number of rotatable bonds is 4. The third-order valence-electron chi connectivity index (χ3n) is 4.69. The van der Waals surface area contributed by atoms with Gasteiger partial charge in [0.25, 0.3) is 0 Å². The highest BCUT2D eigenvalue weighted by Gasteiger charge is 2.33. The maximum Gasteiger partial charge on any atom is 0.122 e. The zero-order chi connectivity index (χ0) is 15.5. The summed E-state index contributed by atoms with van der Waals surface area (Å²) in [7, 11) is 1.70. The second-order valence-electron chi connectivity index (χ2n) is 6.36. The van der Waals surface area contributed by atoms with E-state index in [1.807, 2.05) is 6.92 Å². The third-order valence-corrected chi connectivity index (χ3v) is 4.69. The van der Waals surface area contributed by atoms with Gasteiger partial charge in [-0.15, -0.1) is 0 Å². The molecule has 0 amide bonds. The maximum atomic E-state index is 11.2. The highest BCUT2D eigenvalue weighted by Crippen LogP contribution is 2.37. The summed E-state index contributed by atoms with van der Waals surface area (Å²) in [6, 6.07) is 4.17. The number of ether oxygens (including phenoxy) is 1. The van der Waals surface area contributed by atoms with Crippen molar-refractivity contribution < 1.29 is 9.84 Å². The van der Waals surface area contributed by atoms with Gasteiger partial charge in [-0.05, 0) is 81.4 Å². The quantitative estimate of drug-likeness (QED) is 0.923. The average molecular weight is 291 g/mol. The molecule has 1 fully saturated rings. The Balaban J connectivity index is 2.25. The van der Waals surface area contributed by atoms with Crippen LogP contribution in [0.15, 0.2) is 12.1 Å². The largest absolute Gasteiger partial charge is 0.496 e. The fourth-order valence-corrected chi connectivity index (χ4v) is 3.50. The van der Waals surface area contributed by atoms with Crippen LogP contribution in [0.1, 0.15) is 49.3 Å². The van der Waals surface area contributed by atoms with Crippen LogP contribution in [0.3, 0.4) is 0 Å². The molecule has 1 aliphatic heterocycles. The summed E-state index contributed by atoms with van der Waals surface area (Å²) in [6.45, 7) is 9.55. The van der Waals surface area contributed by atoms with Crippen molar-refractivity contribution >= 4 is 0 Å². The van der Waals surface area contributed by atoms with Crippen LogP contribution in [-0.2, 0) is 5.60 Å². The summed E-state index contributed by atoms with van der Waals surface area (Å²) in [4.78, 5) is 2.48. The average Bonchev–Trinajstić information content (AvgIpc) is 2.64. The zero-order valence-electron chi connectivity index (χ0n) is 13.9. The van der Waals surface area contributed by atoms with E-state index in [-0.39, 0.29) is 0 Å². The standard InChI is InChI=1S/C18H29NO2/c1-5-9-19-10-6-7-18(20,8-11-19)16-12-15(3)17(21-4)13-14(16)2/h12-13,20H,5-11H2,1-4H3. The van der Waals surface area contributed by atoms with E-state index in [0.717, 1.165) is 61.3 Å². The monoisotopic (exact) mass is 291 g/mol. The van der Waals surface area contributed by atoms with E-state index in [4.69, 9.17) is 4.74 Å². The summed E-state index contributed by atoms with van der Waals surface area (Å²) < 4.78 is 5.38. The molecule has 0 radical (unpaired) electrons. The summed E-state index contributed by atoms with van der Waals surface area (Å²) >= 11 is 0. The van der Waals surface area contributed by atoms with Gasteiger partial charge in [0.05, 0.1) is 12.7 Å². The minimum atomic E-state index is -0.691. The van der Waals surface area contributed by atoms with E-state index in [1.54, 1.807) is 7.11 Å². The van der Waals surface area contributed by atoms with E-state index in [0.29, 0.717) is 0 Å². The second kappa shape index (κ2) is 6.80. The van der Waals surface area contributed by atoms with Gasteiger partial charge in [0, 0.05) is 6.54 Å². The number of aryl methyl sites for hydroxylation is 2. The lowest BCUT2D eigenvalue weighted by Crippen LogP contribution is -2.30.